The molecule has 0 aromatic rings. The van der Waals surface area contributed by atoms with Gasteiger partial charge in [-0.1, -0.05) is 0 Å². The fraction of sp³-hybridized carbons (Fsp3) is 1.00. The lowest BCUT2D eigenvalue weighted by molar-refractivity contribution is 0.260. The second kappa shape index (κ2) is 3.20. The van der Waals surface area contributed by atoms with Gasteiger partial charge in [0.15, 0.2) is 0 Å². The number of halogens is 2. The largest absolute Gasteiger partial charge is 0.301 e. The summed E-state index contributed by atoms with van der Waals surface area (Å²) < 4.78 is 78.8. The molecule has 0 spiro atoms. The van der Waals surface area contributed by atoms with Gasteiger partial charge in [0.25, 0.3) is 11.0 Å². The van der Waals surface area contributed by atoms with Gasteiger partial charge in [-0.25, -0.2) is 8.78 Å². The van der Waals surface area contributed by atoms with Crippen LogP contribution in [0.25, 0.3) is 0 Å². The molecule has 0 fully saturated rings. The average molecular weight is 226 g/mol. The van der Waals surface area contributed by atoms with Gasteiger partial charge >= 0.3 is 20.2 Å². The van der Waals surface area contributed by atoms with Crippen LogP contribution in [0.2, 0.25) is 0 Å². The summed E-state index contributed by atoms with van der Waals surface area (Å²) in [5, 5.41) is 0. The summed E-state index contributed by atoms with van der Waals surface area (Å²) >= 11 is 0. The van der Waals surface area contributed by atoms with Crippen molar-refractivity contribution in [2.24, 2.45) is 0 Å². The fourth-order valence-corrected chi connectivity index (χ4v) is 1.65. The van der Waals surface area contributed by atoms with Crippen molar-refractivity contribution in [1.82, 2.24) is 0 Å². The molecule has 2 unspecified atom stereocenters. The van der Waals surface area contributed by atoms with Crippen LogP contribution in [0, 0.1) is 0 Å². The average Bonchev–Trinajstić information content (AvgIpc) is 1.80. The summed E-state index contributed by atoms with van der Waals surface area (Å²) in [5.74, 6) is 0. The number of rotatable bonds is 3. The summed E-state index contributed by atoms with van der Waals surface area (Å²) in [6.45, 7) is 0. The Bertz CT molecular complexity index is 306. The number of hydrogen-bond donors (Lipinski definition) is 2. The molecule has 0 radical (unpaired) electrons. The van der Waals surface area contributed by atoms with E-state index in [1.54, 1.807) is 0 Å². The summed E-state index contributed by atoms with van der Waals surface area (Å²) in [6, 6.07) is 0. The molecule has 74 valence electrons. The maximum absolute atomic E-state index is 12.0. The van der Waals surface area contributed by atoms with Crippen LogP contribution < -0.4 is 0 Å². The van der Waals surface area contributed by atoms with Crippen molar-refractivity contribution in [3.8, 4) is 0 Å². The smallest absolute Gasteiger partial charge is 0.283 e. The van der Waals surface area contributed by atoms with Crippen molar-refractivity contribution >= 4 is 20.2 Å². The van der Waals surface area contributed by atoms with Gasteiger partial charge in [0.05, 0.1) is 0 Å². The van der Waals surface area contributed by atoms with Gasteiger partial charge in [-0.3, -0.25) is 9.11 Å². The fourth-order valence-electron chi connectivity index (χ4n) is 0.270. The van der Waals surface area contributed by atoms with Crippen LogP contribution >= 0.6 is 0 Å². The van der Waals surface area contributed by atoms with E-state index in [1.165, 1.54) is 0 Å². The molecule has 2 N–H and O–H groups in total. The van der Waals surface area contributed by atoms with Gasteiger partial charge in [0.1, 0.15) is 0 Å². The van der Waals surface area contributed by atoms with Gasteiger partial charge in [-0.15, -0.1) is 0 Å². The predicted molar refractivity (Wildman–Crippen MR) is 32.9 cm³/mol. The molecular formula is C2H4F2O6S2. The molecule has 0 rings (SSSR count). The molecule has 0 saturated heterocycles. The van der Waals surface area contributed by atoms with Crippen molar-refractivity contribution < 1.29 is 34.7 Å². The number of hydrogen-bond acceptors (Lipinski definition) is 4. The molecule has 0 heterocycles. The van der Waals surface area contributed by atoms with Crippen LogP contribution in [0.1, 0.15) is 0 Å². The highest BCUT2D eigenvalue weighted by atomic mass is 32.2. The van der Waals surface area contributed by atoms with E-state index in [2.05, 4.69) is 0 Å². The standard InChI is InChI=1S/C2H4F2O6S2/c3-1(11(5,6)7)2(4)12(8,9)10/h1-2H,(H,5,6,7)(H,8,9,10). The predicted octanol–water partition coefficient (Wildman–Crippen LogP) is -0.647. The van der Waals surface area contributed by atoms with Crippen molar-refractivity contribution in [1.29, 1.82) is 0 Å². The second-order valence-electron chi connectivity index (χ2n) is 1.73. The summed E-state index contributed by atoms with van der Waals surface area (Å²) in [5.41, 5.74) is -7.40. The van der Waals surface area contributed by atoms with Crippen LogP contribution in [0.4, 0.5) is 8.78 Å². The zero-order valence-corrected chi connectivity index (χ0v) is 6.89. The molecule has 2 atom stereocenters. The molecule has 0 saturated carbocycles. The Labute approximate surface area is 66.7 Å². The van der Waals surface area contributed by atoms with E-state index < -0.39 is 31.2 Å². The Morgan fingerprint density at radius 3 is 1.08 bits per heavy atom. The van der Waals surface area contributed by atoms with Gasteiger partial charge in [-0.2, -0.15) is 16.8 Å². The molecule has 0 aliphatic heterocycles. The maximum atomic E-state index is 12.0. The molecule has 0 aliphatic carbocycles. The SMILES string of the molecule is O=S(=O)(O)C(F)C(F)S(=O)(=O)O. The van der Waals surface area contributed by atoms with Crippen molar-refractivity contribution in [3.05, 3.63) is 0 Å². The molecule has 0 bridgehead atoms. The molecule has 12 heavy (non-hydrogen) atoms. The third kappa shape index (κ3) is 2.97. The molecule has 0 aromatic heterocycles. The lowest BCUT2D eigenvalue weighted by atomic mass is 10.8. The van der Waals surface area contributed by atoms with Crippen molar-refractivity contribution in [2.75, 3.05) is 0 Å². The quantitative estimate of drug-likeness (QED) is 0.619. The zero-order chi connectivity index (χ0) is 10.2. The molecule has 0 amide bonds. The first-order valence-corrected chi connectivity index (χ1v) is 5.28. The van der Waals surface area contributed by atoms with E-state index >= 15 is 0 Å². The Kier molecular flexibility index (Phi) is 3.12. The third-order valence-electron chi connectivity index (χ3n) is 0.775. The Morgan fingerprint density at radius 2 is 1.00 bits per heavy atom. The van der Waals surface area contributed by atoms with E-state index in [1.807, 2.05) is 0 Å². The van der Waals surface area contributed by atoms with Gasteiger partial charge < -0.3 is 0 Å². The van der Waals surface area contributed by atoms with Crippen molar-refractivity contribution in [2.45, 2.75) is 11.0 Å². The van der Waals surface area contributed by atoms with Crippen LogP contribution in [0.5, 0.6) is 0 Å². The van der Waals surface area contributed by atoms with Gasteiger partial charge in [0.2, 0.25) is 0 Å². The minimum atomic E-state index is -5.47. The number of alkyl halides is 2. The second-order valence-corrected chi connectivity index (χ2v) is 4.69. The highest BCUT2D eigenvalue weighted by Crippen LogP contribution is 2.14. The Hall–Kier alpha value is -0.320. The van der Waals surface area contributed by atoms with E-state index in [9.17, 15) is 25.6 Å². The Balaban J connectivity index is 4.89. The van der Waals surface area contributed by atoms with Crippen LogP contribution in [-0.2, 0) is 20.2 Å². The molecular weight excluding hydrogens is 222 g/mol. The van der Waals surface area contributed by atoms with Gasteiger partial charge in [-0.05, 0) is 0 Å². The van der Waals surface area contributed by atoms with E-state index in [-0.39, 0.29) is 0 Å². The normalized spacial score (nSPS) is 18.7. The van der Waals surface area contributed by atoms with Gasteiger partial charge in [0, 0.05) is 0 Å². The molecule has 0 aromatic carbocycles. The van der Waals surface area contributed by atoms with Crippen molar-refractivity contribution in [3.63, 3.8) is 0 Å². The molecule has 6 nitrogen and oxygen atoms in total. The summed E-state index contributed by atoms with van der Waals surface area (Å²) in [6.07, 6.45) is 0. The topological polar surface area (TPSA) is 109 Å². The highest BCUT2D eigenvalue weighted by molar-refractivity contribution is 7.90. The first-order chi connectivity index (χ1) is 5.07. The first-order valence-electron chi connectivity index (χ1n) is 2.27. The summed E-state index contributed by atoms with van der Waals surface area (Å²) in [7, 11) is -10.9. The van der Waals surface area contributed by atoms with E-state index in [4.69, 9.17) is 9.11 Å². The monoisotopic (exact) mass is 226 g/mol. The Morgan fingerprint density at radius 1 is 0.833 bits per heavy atom. The minimum Gasteiger partial charge on any atom is -0.283 e. The minimum absolute atomic E-state index is 3.70. The first kappa shape index (κ1) is 11.7. The third-order valence-corrected chi connectivity index (χ3v) is 2.56. The van der Waals surface area contributed by atoms with E-state index in [0.29, 0.717) is 0 Å². The highest BCUT2D eigenvalue weighted by Gasteiger charge is 2.41. The molecule has 0 aliphatic rings. The van der Waals surface area contributed by atoms with E-state index in [0.717, 1.165) is 0 Å². The summed E-state index contributed by atoms with van der Waals surface area (Å²) in [4.78, 5) is 0. The maximum Gasteiger partial charge on any atom is 0.301 e. The van der Waals surface area contributed by atoms with Crippen LogP contribution in [-0.4, -0.2) is 36.9 Å². The van der Waals surface area contributed by atoms with Crippen LogP contribution in [0.3, 0.4) is 0 Å². The lowest BCUT2D eigenvalue weighted by Crippen LogP contribution is -2.32. The lowest BCUT2D eigenvalue weighted by Gasteiger charge is -2.06. The van der Waals surface area contributed by atoms with Crippen LogP contribution in [0.15, 0.2) is 0 Å². The zero-order valence-electron chi connectivity index (χ0n) is 5.25. The molecule has 10 heteroatoms.